The van der Waals surface area contributed by atoms with Gasteiger partial charge in [-0.1, -0.05) is 19.9 Å². The second kappa shape index (κ2) is 7.28. The van der Waals surface area contributed by atoms with Crippen molar-refractivity contribution < 1.29 is 18.0 Å². The van der Waals surface area contributed by atoms with Crippen LogP contribution >= 0.6 is 0 Å². The molecule has 0 fully saturated rings. The molecule has 1 aromatic carbocycles. The summed E-state index contributed by atoms with van der Waals surface area (Å²) in [5.41, 5.74) is -0.594. The molecule has 0 atom stereocenters. The lowest BCUT2D eigenvalue weighted by Gasteiger charge is -2.17. The number of anilines is 1. The number of nitrogens with zero attached hydrogens (tertiary/aromatic N) is 1. The predicted octanol–water partition coefficient (Wildman–Crippen LogP) is 3.38. The molecule has 0 aliphatic rings. The SMILES string of the molecule is CCN(CC)CCC(=O)Nc1cccc(C(F)(F)F)c1. The van der Waals surface area contributed by atoms with Gasteiger partial charge in [-0.05, 0) is 31.3 Å². The fourth-order valence-corrected chi connectivity index (χ4v) is 1.80. The van der Waals surface area contributed by atoms with Crippen LogP contribution in [-0.2, 0) is 11.0 Å². The molecule has 0 bridgehead atoms. The summed E-state index contributed by atoms with van der Waals surface area (Å²) in [6, 6.07) is 4.65. The zero-order chi connectivity index (χ0) is 15.2. The van der Waals surface area contributed by atoms with Crippen LogP contribution in [0.1, 0.15) is 25.8 Å². The van der Waals surface area contributed by atoms with Crippen molar-refractivity contribution in [2.45, 2.75) is 26.4 Å². The fraction of sp³-hybridized carbons (Fsp3) is 0.500. The average molecular weight is 288 g/mol. The summed E-state index contributed by atoms with van der Waals surface area (Å²) in [5, 5.41) is 2.49. The molecule has 112 valence electrons. The topological polar surface area (TPSA) is 32.3 Å². The molecule has 20 heavy (non-hydrogen) atoms. The van der Waals surface area contributed by atoms with Gasteiger partial charge in [-0.3, -0.25) is 4.79 Å². The number of carbonyl (C=O) groups excluding carboxylic acids is 1. The van der Waals surface area contributed by atoms with Gasteiger partial charge in [-0.15, -0.1) is 0 Å². The Morgan fingerprint density at radius 2 is 1.90 bits per heavy atom. The maximum absolute atomic E-state index is 12.5. The van der Waals surface area contributed by atoms with Crippen LogP contribution in [0.15, 0.2) is 24.3 Å². The first-order chi connectivity index (χ1) is 9.36. The van der Waals surface area contributed by atoms with Gasteiger partial charge in [0.05, 0.1) is 5.56 Å². The Kier molecular flexibility index (Phi) is 6.01. The maximum Gasteiger partial charge on any atom is 0.416 e. The summed E-state index contributed by atoms with van der Waals surface area (Å²) in [7, 11) is 0. The molecule has 1 rings (SSSR count). The number of hydrogen-bond donors (Lipinski definition) is 1. The number of halogens is 3. The van der Waals surface area contributed by atoms with Gasteiger partial charge in [0.1, 0.15) is 0 Å². The van der Waals surface area contributed by atoms with Gasteiger partial charge in [0.25, 0.3) is 0 Å². The van der Waals surface area contributed by atoms with Gasteiger partial charge >= 0.3 is 6.18 Å². The zero-order valence-corrected chi connectivity index (χ0v) is 11.6. The second-order valence-corrected chi connectivity index (χ2v) is 4.40. The quantitative estimate of drug-likeness (QED) is 0.870. The van der Waals surface area contributed by atoms with E-state index in [1.54, 1.807) is 0 Å². The summed E-state index contributed by atoms with van der Waals surface area (Å²) in [6.45, 7) is 6.26. The lowest BCUT2D eigenvalue weighted by Crippen LogP contribution is -2.27. The minimum absolute atomic E-state index is 0.171. The normalized spacial score (nSPS) is 11.7. The first-order valence-electron chi connectivity index (χ1n) is 6.56. The highest BCUT2D eigenvalue weighted by Crippen LogP contribution is 2.30. The van der Waals surface area contributed by atoms with E-state index < -0.39 is 11.7 Å². The van der Waals surface area contributed by atoms with E-state index in [0.717, 1.165) is 25.2 Å². The number of amides is 1. The van der Waals surface area contributed by atoms with Crippen LogP contribution in [-0.4, -0.2) is 30.4 Å². The van der Waals surface area contributed by atoms with Gasteiger partial charge in [0.2, 0.25) is 5.91 Å². The summed E-state index contributed by atoms with van der Waals surface area (Å²) in [5.74, 6) is -0.281. The second-order valence-electron chi connectivity index (χ2n) is 4.40. The number of carbonyl (C=O) groups is 1. The molecule has 0 aliphatic heterocycles. The average Bonchev–Trinajstić information content (AvgIpc) is 2.39. The van der Waals surface area contributed by atoms with Gasteiger partial charge in [-0.2, -0.15) is 13.2 Å². The number of nitrogens with one attached hydrogen (secondary N) is 1. The van der Waals surface area contributed by atoms with Crippen LogP contribution in [0, 0.1) is 0 Å². The van der Waals surface area contributed by atoms with E-state index in [2.05, 4.69) is 10.2 Å². The molecule has 0 heterocycles. The summed E-state index contributed by atoms with van der Waals surface area (Å²) in [6.07, 6.45) is -4.14. The standard InChI is InChI=1S/C14H19F3N2O/c1-3-19(4-2)9-8-13(20)18-12-7-5-6-11(10-12)14(15,16)17/h5-7,10H,3-4,8-9H2,1-2H3,(H,18,20). The highest BCUT2D eigenvalue weighted by Gasteiger charge is 2.30. The molecule has 1 aromatic rings. The van der Waals surface area contributed by atoms with E-state index in [-0.39, 0.29) is 18.0 Å². The number of hydrogen-bond acceptors (Lipinski definition) is 2. The predicted molar refractivity (Wildman–Crippen MR) is 72.5 cm³/mol. The van der Waals surface area contributed by atoms with Crippen molar-refractivity contribution >= 4 is 11.6 Å². The highest BCUT2D eigenvalue weighted by molar-refractivity contribution is 5.90. The van der Waals surface area contributed by atoms with Crippen LogP contribution in [0.2, 0.25) is 0 Å². The Morgan fingerprint density at radius 1 is 1.25 bits per heavy atom. The van der Waals surface area contributed by atoms with Gasteiger partial charge < -0.3 is 10.2 Å². The molecule has 0 radical (unpaired) electrons. The fourth-order valence-electron chi connectivity index (χ4n) is 1.80. The van der Waals surface area contributed by atoms with E-state index in [1.807, 2.05) is 13.8 Å². The van der Waals surface area contributed by atoms with Crippen molar-refractivity contribution in [1.29, 1.82) is 0 Å². The van der Waals surface area contributed by atoms with Crippen molar-refractivity contribution in [1.82, 2.24) is 4.90 Å². The van der Waals surface area contributed by atoms with Crippen molar-refractivity contribution in [3.8, 4) is 0 Å². The molecule has 6 heteroatoms. The molecule has 1 amide bonds. The van der Waals surface area contributed by atoms with E-state index in [0.29, 0.717) is 6.54 Å². The monoisotopic (exact) mass is 288 g/mol. The first-order valence-corrected chi connectivity index (χ1v) is 6.56. The minimum Gasteiger partial charge on any atom is -0.326 e. The van der Waals surface area contributed by atoms with Crippen LogP contribution in [0.5, 0.6) is 0 Å². The van der Waals surface area contributed by atoms with E-state index >= 15 is 0 Å². The maximum atomic E-state index is 12.5. The lowest BCUT2D eigenvalue weighted by molar-refractivity contribution is -0.137. The van der Waals surface area contributed by atoms with Crippen LogP contribution < -0.4 is 5.32 Å². The van der Waals surface area contributed by atoms with Gasteiger partial charge in [0, 0.05) is 18.7 Å². The third-order valence-electron chi connectivity index (χ3n) is 3.02. The molecule has 0 spiro atoms. The lowest BCUT2D eigenvalue weighted by atomic mass is 10.2. The van der Waals surface area contributed by atoms with Crippen molar-refractivity contribution in [3.63, 3.8) is 0 Å². The largest absolute Gasteiger partial charge is 0.416 e. The highest BCUT2D eigenvalue weighted by atomic mass is 19.4. The van der Waals surface area contributed by atoms with Crippen molar-refractivity contribution in [2.75, 3.05) is 25.0 Å². The minimum atomic E-state index is -4.40. The Labute approximate surface area is 116 Å². The molecular formula is C14H19F3N2O. The molecule has 1 N–H and O–H groups in total. The smallest absolute Gasteiger partial charge is 0.326 e. The molecule has 0 saturated carbocycles. The molecule has 0 saturated heterocycles. The summed E-state index contributed by atoms with van der Waals surface area (Å²) >= 11 is 0. The third kappa shape index (κ3) is 5.21. The molecule has 0 aliphatic carbocycles. The summed E-state index contributed by atoms with van der Waals surface area (Å²) < 4.78 is 37.6. The Morgan fingerprint density at radius 3 is 2.45 bits per heavy atom. The first kappa shape index (κ1) is 16.5. The Hall–Kier alpha value is -1.56. The number of alkyl halides is 3. The van der Waals surface area contributed by atoms with E-state index in [9.17, 15) is 18.0 Å². The molecule has 0 unspecified atom stereocenters. The van der Waals surface area contributed by atoms with Gasteiger partial charge in [0.15, 0.2) is 0 Å². The van der Waals surface area contributed by atoms with Crippen molar-refractivity contribution in [3.05, 3.63) is 29.8 Å². The third-order valence-corrected chi connectivity index (χ3v) is 3.02. The number of benzene rings is 1. The van der Waals surface area contributed by atoms with Crippen LogP contribution in [0.3, 0.4) is 0 Å². The molecule has 3 nitrogen and oxygen atoms in total. The number of rotatable bonds is 6. The van der Waals surface area contributed by atoms with Crippen LogP contribution in [0.4, 0.5) is 18.9 Å². The van der Waals surface area contributed by atoms with E-state index in [4.69, 9.17) is 0 Å². The zero-order valence-electron chi connectivity index (χ0n) is 11.6. The van der Waals surface area contributed by atoms with Crippen LogP contribution in [0.25, 0.3) is 0 Å². The van der Waals surface area contributed by atoms with Gasteiger partial charge in [-0.25, -0.2) is 0 Å². The summed E-state index contributed by atoms with van der Waals surface area (Å²) in [4.78, 5) is 13.8. The van der Waals surface area contributed by atoms with Crippen molar-refractivity contribution in [2.24, 2.45) is 0 Å². The Bertz CT molecular complexity index is 442. The van der Waals surface area contributed by atoms with E-state index in [1.165, 1.54) is 12.1 Å². The molecule has 0 aromatic heterocycles. The Balaban J connectivity index is 2.58. The molecular weight excluding hydrogens is 269 g/mol.